The highest BCUT2D eigenvalue weighted by Gasteiger charge is 2.44. The average molecular weight is 902 g/mol. The second-order valence-electron chi connectivity index (χ2n) is 15.0. The number of aromatic nitrogens is 1. The molecule has 2 saturated heterocycles. The van der Waals surface area contributed by atoms with E-state index in [0.717, 1.165) is 33.1 Å². The Balaban J connectivity index is 1.72. The van der Waals surface area contributed by atoms with Crippen LogP contribution in [0.2, 0.25) is 0 Å². The van der Waals surface area contributed by atoms with Crippen molar-refractivity contribution in [2.75, 3.05) is 38.5 Å². The summed E-state index contributed by atoms with van der Waals surface area (Å²) >= 11 is 1.16. The van der Waals surface area contributed by atoms with Crippen molar-refractivity contribution >= 4 is 81.8 Å². The Hall–Kier alpha value is -6.47. The molecule has 0 saturated carbocycles. The van der Waals surface area contributed by atoms with Gasteiger partial charge in [0.15, 0.2) is 5.96 Å². The van der Waals surface area contributed by atoms with Crippen LogP contribution in [0.3, 0.4) is 0 Å². The number of primary amides is 1. The SMILES string of the molecule is CCCC1NC(=O)CNC(=O)CNC(=O)C(CC(O)CO)NC(=O)C2C[C@@H](N=C(N)N)CN2C(=O)C(CC(N)=O)NC(=O)[C@H](CSc2[nH]c3ccccc3c2C)NC(=O)CNC1=O. The topological polar surface area (TPSA) is 388 Å². The van der Waals surface area contributed by atoms with Crippen LogP contribution in [-0.4, -0.2) is 160 Å². The molecule has 2 fully saturated rings. The Morgan fingerprint density at radius 2 is 1.44 bits per heavy atom. The van der Waals surface area contributed by atoms with Gasteiger partial charge in [0.1, 0.15) is 30.2 Å². The van der Waals surface area contributed by atoms with Crippen molar-refractivity contribution < 1.29 is 53.4 Å². The van der Waals surface area contributed by atoms with Gasteiger partial charge in [0.2, 0.25) is 53.2 Å². The smallest absolute Gasteiger partial charge is 0.246 e. The van der Waals surface area contributed by atoms with Crippen molar-refractivity contribution in [2.24, 2.45) is 22.2 Å². The summed E-state index contributed by atoms with van der Waals surface area (Å²) < 4.78 is 0. The molecule has 344 valence electrons. The molecule has 2 aromatic rings. The lowest BCUT2D eigenvalue weighted by Gasteiger charge is -2.30. The number of thioether (sulfide) groups is 1. The van der Waals surface area contributed by atoms with Crippen molar-refractivity contribution in [3.63, 3.8) is 0 Å². The number of hydrogen-bond donors (Lipinski definition) is 13. The van der Waals surface area contributed by atoms with E-state index in [1.54, 1.807) is 6.92 Å². The zero-order valence-corrected chi connectivity index (χ0v) is 35.5. The lowest BCUT2D eigenvalue weighted by molar-refractivity contribution is -0.143. The number of benzene rings is 1. The number of para-hydroxylation sites is 1. The molecule has 0 spiro atoms. The van der Waals surface area contributed by atoms with Gasteiger partial charge in [-0.1, -0.05) is 31.5 Å². The van der Waals surface area contributed by atoms with Crippen LogP contribution in [0.15, 0.2) is 34.3 Å². The zero-order valence-electron chi connectivity index (χ0n) is 34.7. The summed E-state index contributed by atoms with van der Waals surface area (Å²) in [6, 6.07) is -0.777. The van der Waals surface area contributed by atoms with Crippen LogP contribution in [0.25, 0.3) is 10.9 Å². The molecule has 9 amide bonds. The molecule has 1 aromatic carbocycles. The van der Waals surface area contributed by atoms with E-state index in [9.17, 15) is 53.4 Å². The van der Waals surface area contributed by atoms with Crippen LogP contribution in [0.4, 0.5) is 0 Å². The number of carbonyl (C=O) groups excluding carboxylic acids is 9. The first-order valence-electron chi connectivity index (χ1n) is 20.1. The van der Waals surface area contributed by atoms with Crippen LogP contribution >= 0.6 is 11.8 Å². The molecule has 63 heavy (non-hydrogen) atoms. The Bertz CT molecular complexity index is 2080. The van der Waals surface area contributed by atoms with Gasteiger partial charge >= 0.3 is 0 Å². The number of H-pyrrole nitrogens is 1. The van der Waals surface area contributed by atoms with Gasteiger partial charge < -0.3 is 74.5 Å². The third-order valence-electron chi connectivity index (χ3n) is 10.1. The summed E-state index contributed by atoms with van der Waals surface area (Å²) in [7, 11) is 0. The maximum absolute atomic E-state index is 14.4. The predicted molar refractivity (Wildman–Crippen MR) is 227 cm³/mol. The third-order valence-corrected chi connectivity index (χ3v) is 11.3. The number of rotatable bonds is 11. The molecular weight excluding hydrogens is 847 g/mol. The van der Waals surface area contributed by atoms with Crippen molar-refractivity contribution in [3.8, 4) is 0 Å². The highest BCUT2D eigenvalue weighted by molar-refractivity contribution is 7.99. The summed E-state index contributed by atoms with van der Waals surface area (Å²) in [5, 5.41) is 38.3. The minimum atomic E-state index is -1.72. The van der Waals surface area contributed by atoms with Crippen molar-refractivity contribution in [1.82, 2.24) is 47.1 Å². The molecule has 4 rings (SSSR count). The molecule has 0 radical (unpaired) electrons. The normalized spacial score (nSPS) is 24.3. The van der Waals surface area contributed by atoms with E-state index < -0.39 is 135 Å². The molecule has 24 nitrogen and oxygen atoms in total. The summed E-state index contributed by atoms with van der Waals surface area (Å²) in [6.07, 6.45) is -2.51. The molecule has 1 aromatic heterocycles. The summed E-state index contributed by atoms with van der Waals surface area (Å²) in [6.45, 7) is 0.491. The van der Waals surface area contributed by atoms with Crippen LogP contribution in [0.5, 0.6) is 0 Å². The number of nitrogens with zero attached hydrogens (tertiary/aromatic N) is 2. The molecule has 3 heterocycles. The van der Waals surface area contributed by atoms with Crippen LogP contribution in [0, 0.1) is 6.92 Å². The van der Waals surface area contributed by atoms with E-state index >= 15 is 0 Å². The molecule has 0 aliphatic carbocycles. The largest absolute Gasteiger partial charge is 0.394 e. The number of carbonyl (C=O) groups is 9. The van der Waals surface area contributed by atoms with E-state index in [-0.39, 0.29) is 31.1 Å². The molecule has 16 N–H and O–H groups in total. The zero-order chi connectivity index (χ0) is 46.4. The van der Waals surface area contributed by atoms with Gasteiger partial charge in [0.05, 0.1) is 49.8 Å². The van der Waals surface area contributed by atoms with Gasteiger partial charge in [-0.25, -0.2) is 4.99 Å². The number of nitrogens with two attached hydrogens (primary N) is 3. The Kier molecular flexibility index (Phi) is 18.0. The number of aliphatic hydroxyl groups is 2. The van der Waals surface area contributed by atoms with Crippen LogP contribution in [-0.2, 0) is 43.2 Å². The number of aryl methyl sites for hydroxylation is 1. The van der Waals surface area contributed by atoms with E-state index in [2.05, 4.69) is 47.2 Å². The molecule has 2 aliphatic heterocycles. The fourth-order valence-corrected chi connectivity index (χ4v) is 8.03. The summed E-state index contributed by atoms with van der Waals surface area (Å²) in [4.78, 5) is 129. The van der Waals surface area contributed by atoms with Gasteiger partial charge in [-0.15, -0.1) is 11.8 Å². The Morgan fingerprint density at radius 1 is 0.825 bits per heavy atom. The predicted octanol–water partition coefficient (Wildman–Crippen LogP) is -5.47. The van der Waals surface area contributed by atoms with E-state index in [1.807, 2.05) is 31.2 Å². The number of guanidine groups is 1. The quantitative estimate of drug-likeness (QED) is 0.0569. The average Bonchev–Trinajstić information content (AvgIpc) is 3.80. The second-order valence-corrected chi connectivity index (χ2v) is 16.0. The van der Waals surface area contributed by atoms with Gasteiger partial charge in [0, 0.05) is 36.0 Å². The molecule has 7 atom stereocenters. The maximum Gasteiger partial charge on any atom is 0.246 e. The fourth-order valence-electron chi connectivity index (χ4n) is 6.95. The monoisotopic (exact) mass is 901 g/mol. The molecule has 5 unspecified atom stereocenters. The summed E-state index contributed by atoms with van der Waals surface area (Å²) in [5.74, 6) is -8.66. The first-order chi connectivity index (χ1) is 29.9. The Labute approximate surface area is 365 Å². The second kappa shape index (κ2) is 23.1. The first-order valence-corrected chi connectivity index (χ1v) is 21.1. The fraction of sp³-hybridized carbons (Fsp3) is 0.526. The number of aromatic amines is 1. The molecular formula is C38H55N13O11S. The number of amides is 9. The molecule has 0 bridgehead atoms. The van der Waals surface area contributed by atoms with Gasteiger partial charge in [-0.05, 0) is 25.0 Å². The minimum absolute atomic E-state index is 0.138. The van der Waals surface area contributed by atoms with E-state index in [4.69, 9.17) is 17.2 Å². The van der Waals surface area contributed by atoms with Gasteiger partial charge in [-0.3, -0.25) is 43.2 Å². The van der Waals surface area contributed by atoms with Gasteiger partial charge in [-0.2, -0.15) is 0 Å². The highest BCUT2D eigenvalue weighted by Crippen LogP contribution is 2.29. The van der Waals surface area contributed by atoms with Crippen molar-refractivity contribution in [2.45, 2.75) is 93.3 Å². The standard InChI is InChI=1S/C38H55N13O11S/c1-3-6-23-32(58)44-14-31(57)47-26(17-63-36-18(2)21-7-4-5-8-22(21)50-36)34(60)49-25(11-28(39)54)37(62)51-15-19(45-38(40)41)9-27(51)35(61)48-24(10-20(53)16-52)33(59)43-12-29(55)42-13-30(56)46-23/h4-5,7-8,19-20,23-27,50,52-53H,3,6,9-17H2,1-2H3,(H2,39,54)(H,42,55)(H,43,59)(H,44,58)(H,46,56)(H,47,57)(H,48,61)(H,49,60)(H4,40,41,45)/t19-,20?,23?,24?,25?,26+,27?/m1/s1. The molecule has 25 heteroatoms. The van der Waals surface area contributed by atoms with Gasteiger partial charge in [0.25, 0.3) is 0 Å². The third kappa shape index (κ3) is 14.3. The number of aliphatic imine (C=N–C) groups is 1. The maximum atomic E-state index is 14.4. The van der Waals surface area contributed by atoms with E-state index in [0.29, 0.717) is 11.4 Å². The highest BCUT2D eigenvalue weighted by atomic mass is 32.2. The lowest BCUT2D eigenvalue weighted by Crippen LogP contribution is -2.59. The molecule has 2 aliphatic rings. The minimum Gasteiger partial charge on any atom is -0.394 e. The number of fused-ring (bicyclic) bond motifs is 2. The number of hydrogen-bond acceptors (Lipinski definition) is 13. The Morgan fingerprint density at radius 3 is 2.08 bits per heavy atom. The van der Waals surface area contributed by atoms with Crippen LogP contribution in [0.1, 0.15) is 44.6 Å². The summed E-state index contributed by atoms with van der Waals surface area (Å²) in [5.41, 5.74) is 18.4. The van der Waals surface area contributed by atoms with E-state index in [1.165, 1.54) is 0 Å². The van der Waals surface area contributed by atoms with Crippen molar-refractivity contribution in [1.29, 1.82) is 0 Å². The number of nitrogens with one attached hydrogen (secondary N) is 8. The first kappa shape index (κ1) is 49.2. The lowest BCUT2D eigenvalue weighted by atomic mass is 10.1. The van der Waals surface area contributed by atoms with Crippen LogP contribution < -0.4 is 54.4 Å². The number of aliphatic hydroxyl groups excluding tert-OH is 2. The van der Waals surface area contributed by atoms with Crippen molar-refractivity contribution in [3.05, 3.63) is 29.8 Å².